The number of fused-ring (bicyclic) bond motifs is 16. The highest BCUT2D eigenvalue weighted by Crippen LogP contribution is 2.35. The second kappa shape index (κ2) is 10.8. The van der Waals surface area contributed by atoms with Gasteiger partial charge in [0.25, 0.3) is 0 Å². The number of rotatable bonds is 2. The Labute approximate surface area is 284 Å². The van der Waals surface area contributed by atoms with Crippen molar-refractivity contribution in [3.8, 4) is 0 Å². The first kappa shape index (κ1) is 27.7. The fourth-order valence-corrected chi connectivity index (χ4v) is 7.44. The van der Waals surface area contributed by atoms with Gasteiger partial charge >= 0.3 is 0 Å². The fraction of sp³-hybridized carbons (Fsp3) is 0. The molecule has 0 unspecified atom stereocenters. The number of anilines is 2. The number of benzene rings is 6. The Hall–Kier alpha value is -6.37. The number of para-hydroxylation sites is 4. The summed E-state index contributed by atoms with van der Waals surface area (Å²) in [6.45, 7) is 0. The van der Waals surface area contributed by atoms with Crippen LogP contribution in [0.3, 0.4) is 0 Å². The third kappa shape index (κ3) is 4.21. The smallest absolute Gasteiger partial charge is 0.147 e. The number of imidazole rings is 2. The summed E-state index contributed by atoms with van der Waals surface area (Å²) in [6, 6.07) is 49.9. The maximum atomic E-state index is 6.31. The largest absolute Gasteiger partial charge is 0.339 e. The minimum absolute atomic E-state index is 0.683. The van der Waals surface area contributed by atoms with Gasteiger partial charge in [-0.1, -0.05) is 127 Å². The maximum absolute atomic E-state index is 6.31. The summed E-state index contributed by atoms with van der Waals surface area (Å²) in [7, 11) is 0. The van der Waals surface area contributed by atoms with Gasteiger partial charge in [-0.05, 0) is 41.1 Å². The molecule has 5 aromatic heterocycles. The lowest BCUT2D eigenvalue weighted by Crippen LogP contribution is -1.98. The number of H-pyrrole nitrogens is 1. The van der Waals surface area contributed by atoms with Crippen LogP contribution in [0.5, 0.6) is 0 Å². The van der Waals surface area contributed by atoms with E-state index in [-0.39, 0.29) is 0 Å². The number of hydrogen-bond donors (Lipinski definition) is 2. The van der Waals surface area contributed by atoms with Crippen molar-refractivity contribution in [1.82, 2.24) is 23.8 Å². The Morgan fingerprint density at radius 3 is 1.73 bits per heavy atom. The third-order valence-corrected chi connectivity index (χ3v) is 9.75. The Morgan fingerprint density at radius 1 is 0.510 bits per heavy atom. The maximum Gasteiger partial charge on any atom is 0.147 e. The summed E-state index contributed by atoms with van der Waals surface area (Å²) in [5, 5.41) is 12.5. The second-order valence-electron chi connectivity index (χ2n) is 12.2. The van der Waals surface area contributed by atoms with E-state index in [1.165, 1.54) is 37.8 Å². The lowest BCUT2D eigenvalue weighted by molar-refractivity contribution is 1.26. The van der Waals surface area contributed by atoms with Gasteiger partial charge in [-0.25, -0.2) is 9.97 Å². The van der Waals surface area contributed by atoms with E-state index in [1.54, 1.807) is 0 Å². The first-order chi connectivity index (χ1) is 24.2. The zero-order chi connectivity index (χ0) is 32.5. The average molecular weight is 651 g/mol. The fourth-order valence-electron chi connectivity index (χ4n) is 7.26. The van der Waals surface area contributed by atoms with Gasteiger partial charge in [-0.15, -0.1) is 0 Å². The summed E-state index contributed by atoms with van der Waals surface area (Å²) in [5.74, 6) is 0.894. The summed E-state index contributed by atoms with van der Waals surface area (Å²) in [6.07, 6.45) is 1.86. The molecule has 0 fully saturated rings. The summed E-state index contributed by atoms with van der Waals surface area (Å²) >= 11 is 6.31. The van der Waals surface area contributed by atoms with Crippen molar-refractivity contribution in [2.75, 3.05) is 5.32 Å². The lowest BCUT2D eigenvalue weighted by Gasteiger charge is -2.12. The molecule has 49 heavy (non-hydrogen) atoms. The third-order valence-electron chi connectivity index (χ3n) is 9.42. The van der Waals surface area contributed by atoms with Crippen molar-refractivity contribution in [3.05, 3.63) is 157 Å². The van der Waals surface area contributed by atoms with Crippen LogP contribution in [0.2, 0.25) is 5.02 Å². The van der Waals surface area contributed by atoms with Crippen molar-refractivity contribution >= 4 is 99.8 Å². The Bertz CT molecular complexity index is 3060. The number of pyridine rings is 2. The molecule has 2 N–H and O–H groups in total. The van der Waals surface area contributed by atoms with Gasteiger partial charge in [0.15, 0.2) is 0 Å². The molecule has 0 bridgehead atoms. The van der Waals surface area contributed by atoms with Crippen LogP contribution in [0.1, 0.15) is 0 Å². The van der Waals surface area contributed by atoms with E-state index in [2.05, 4.69) is 139 Å². The first-order valence-corrected chi connectivity index (χ1v) is 16.6. The number of aromatic amines is 1. The van der Waals surface area contributed by atoms with Gasteiger partial charge in [0.1, 0.15) is 28.3 Å². The highest BCUT2D eigenvalue weighted by Gasteiger charge is 2.17. The predicted octanol–water partition coefficient (Wildman–Crippen LogP) is 11.3. The average Bonchev–Trinajstić information content (AvgIpc) is 3.86. The van der Waals surface area contributed by atoms with Gasteiger partial charge in [0.2, 0.25) is 0 Å². The van der Waals surface area contributed by atoms with E-state index in [0.717, 1.165) is 50.4 Å². The Kier molecular flexibility index (Phi) is 6.13. The molecule has 11 aromatic rings. The molecule has 6 nitrogen and oxygen atoms in total. The molecule has 0 spiro atoms. The SMILES string of the molecule is Clc1ccccc1Nc1cnc2c3ccccc3c3ccccc3n12.c1ccc2c(c1)[nH]c1c2nc2c3ccccc3c3ccccc3n21. The van der Waals surface area contributed by atoms with E-state index in [4.69, 9.17) is 16.6 Å². The number of nitrogens with one attached hydrogen (secondary N) is 2. The van der Waals surface area contributed by atoms with Crippen LogP contribution in [0, 0.1) is 0 Å². The van der Waals surface area contributed by atoms with Crippen molar-refractivity contribution in [3.63, 3.8) is 0 Å². The van der Waals surface area contributed by atoms with Crippen LogP contribution in [-0.2, 0) is 0 Å². The van der Waals surface area contributed by atoms with Gasteiger partial charge in [-0.2, -0.15) is 0 Å². The summed E-state index contributed by atoms with van der Waals surface area (Å²) < 4.78 is 4.41. The minimum Gasteiger partial charge on any atom is -0.339 e. The molecule has 0 radical (unpaired) electrons. The van der Waals surface area contributed by atoms with E-state index in [9.17, 15) is 0 Å². The van der Waals surface area contributed by atoms with Crippen LogP contribution in [0.4, 0.5) is 11.5 Å². The molecule has 0 saturated carbocycles. The predicted molar refractivity (Wildman–Crippen MR) is 205 cm³/mol. The molecule has 11 rings (SSSR count). The molecular weight excluding hydrogens is 624 g/mol. The van der Waals surface area contributed by atoms with Crippen molar-refractivity contribution in [1.29, 1.82) is 0 Å². The van der Waals surface area contributed by atoms with E-state index >= 15 is 0 Å². The minimum atomic E-state index is 0.683. The first-order valence-electron chi connectivity index (χ1n) is 16.2. The lowest BCUT2D eigenvalue weighted by atomic mass is 10.1. The summed E-state index contributed by atoms with van der Waals surface area (Å²) in [4.78, 5) is 13.3. The number of halogens is 1. The number of hydrogen-bond acceptors (Lipinski definition) is 3. The summed E-state index contributed by atoms with van der Waals surface area (Å²) in [5.41, 5.74) is 8.33. The molecule has 0 amide bonds. The van der Waals surface area contributed by atoms with Gasteiger partial charge < -0.3 is 10.3 Å². The van der Waals surface area contributed by atoms with Crippen LogP contribution >= 0.6 is 11.6 Å². The topological polar surface area (TPSA) is 62.4 Å². The molecule has 232 valence electrons. The van der Waals surface area contributed by atoms with Crippen molar-refractivity contribution in [2.45, 2.75) is 0 Å². The Balaban J connectivity index is 0.000000125. The highest BCUT2D eigenvalue weighted by atomic mass is 35.5. The Morgan fingerprint density at radius 2 is 1.04 bits per heavy atom. The van der Waals surface area contributed by atoms with Crippen LogP contribution in [-0.4, -0.2) is 23.8 Å². The van der Waals surface area contributed by atoms with Crippen molar-refractivity contribution < 1.29 is 0 Å². The molecule has 0 atom stereocenters. The van der Waals surface area contributed by atoms with E-state index in [1.807, 2.05) is 36.5 Å². The standard InChI is InChI=1S/C21H14ClN3.C21H13N3/c22-17-10-4-5-11-18(17)24-20-13-23-21-16-9-2-1-7-14(16)15-8-3-6-12-19(15)25(20)21;1-2-9-15-13(7-1)14-8-4-6-12-18(14)24-20(15)23-19-16-10-3-5-11-17(16)22-21(19)24/h1-13,24H;1-12,22H. The number of aromatic nitrogens is 5. The molecule has 0 aliphatic heterocycles. The van der Waals surface area contributed by atoms with Gasteiger partial charge in [0.05, 0.1) is 27.9 Å². The molecule has 7 heteroatoms. The van der Waals surface area contributed by atoms with Gasteiger partial charge in [-0.3, -0.25) is 8.80 Å². The molecule has 6 aromatic carbocycles. The molecule has 5 heterocycles. The molecule has 0 aliphatic rings. The molecule has 0 saturated heterocycles. The molecule has 0 aliphatic carbocycles. The van der Waals surface area contributed by atoms with Crippen LogP contribution in [0.15, 0.2) is 152 Å². The molecular formula is C42H27ClN6. The monoisotopic (exact) mass is 650 g/mol. The van der Waals surface area contributed by atoms with E-state index < -0.39 is 0 Å². The van der Waals surface area contributed by atoms with Crippen LogP contribution in [0.25, 0.3) is 76.7 Å². The van der Waals surface area contributed by atoms with Crippen molar-refractivity contribution in [2.24, 2.45) is 0 Å². The normalized spacial score (nSPS) is 11.8. The zero-order valence-corrected chi connectivity index (χ0v) is 26.9. The quantitative estimate of drug-likeness (QED) is 0.183. The van der Waals surface area contributed by atoms with E-state index in [0.29, 0.717) is 5.02 Å². The number of nitrogens with zero attached hydrogens (tertiary/aromatic N) is 4. The highest BCUT2D eigenvalue weighted by molar-refractivity contribution is 6.33. The zero-order valence-electron chi connectivity index (χ0n) is 26.1. The van der Waals surface area contributed by atoms with Crippen LogP contribution < -0.4 is 5.32 Å². The van der Waals surface area contributed by atoms with Gasteiger partial charge in [0, 0.05) is 32.4 Å². The second-order valence-corrected chi connectivity index (χ2v) is 12.6.